The summed E-state index contributed by atoms with van der Waals surface area (Å²) < 4.78 is 17.0. The van der Waals surface area contributed by atoms with Crippen molar-refractivity contribution >= 4 is 5.78 Å². The minimum absolute atomic E-state index is 0.0476. The third-order valence-corrected chi connectivity index (χ3v) is 6.35. The normalized spacial score (nSPS) is 22.7. The van der Waals surface area contributed by atoms with Crippen LogP contribution in [0.15, 0.2) is 42.5 Å². The molecule has 3 aromatic rings. The number of aromatic hydroxyl groups is 4. The van der Waals surface area contributed by atoms with E-state index in [0.717, 1.165) is 12.1 Å². The third kappa shape index (κ3) is 3.46. The van der Waals surface area contributed by atoms with Gasteiger partial charge in [0, 0.05) is 23.3 Å². The van der Waals surface area contributed by atoms with Gasteiger partial charge in [-0.1, -0.05) is 12.1 Å². The highest BCUT2D eigenvalue weighted by Crippen LogP contribution is 2.54. The molecule has 0 spiro atoms. The third-order valence-electron chi connectivity index (χ3n) is 6.35. The summed E-state index contributed by atoms with van der Waals surface area (Å²) in [6.45, 7) is -0.424. The zero-order valence-electron chi connectivity index (χ0n) is 18.4. The largest absolute Gasteiger partial charge is 0.508 e. The van der Waals surface area contributed by atoms with Gasteiger partial charge in [0.1, 0.15) is 28.9 Å². The van der Waals surface area contributed by atoms with Crippen LogP contribution in [0.1, 0.15) is 45.2 Å². The van der Waals surface area contributed by atoms with Crippen LogP contribution in [0.5, 0.6) is 40.2 Å². The molecule has 10 heteroatoms. The van der Waals surface area contributed by atoms with E-state index < -0.39 is 42.4 Å². The van der Waals surface area contributed by atoms with E-state index in [0.29, 0.717) is 11.1 Å². The molecule has 3 aromatic carbocycles. The minimum atomic E-state index is -1.72. The molecule has 0 aromatic heterocycles. The zero-order chi connectivity index (χ0) is 25.0. The van der Waals surface area contributed by atoms with E-state index in [1.807, 2.05) is 0 Å². The van der Waals surface area contributed by atoms with Gasteiger partial charge in [0.25, 0.3) is 0 Å². The second-order valence-electron chi connectivity index (χ2n) is 8.36. The summed E-state index contributed by atoms with van der Waals surface area (Å²) in [6, 6.07) is 9.44. The predicted molar refractivity (Wildman–Crippen MR) is 119 cm³/mol. The van der Waals surface area contributed by atoms with Crippen molar-refractivity contribution in [1.82, 2.24) is 0 Å². The number of carbonyl (C=O) groups is 1. The molecule has 6 N–H and O–H groups in total. The van der Waals surface area contributed by atoms with Crippen molar-refractivity contribution in [3.05, 3.63) is 64.7 Å². The molecule has 35 heavy (non-hydrogen) atoms. The van der Waals surface area contributed by atoms with E-state index in [-0.39, 0.29) is 45.6 Å². The highest BCUT2D eigenvalue weighted by molar-refractivity contribution is 6.05. The maximum absolute atomic E-state index is 12.9. The molecule has 0 unspecified atom stereocenters. The maximum atomic E-state index is 12.9. The fraction of sp³-hybridized carbons (Fsp3) is 0.240. The lowest BCUT2D eigenvalue weighted by Crippen LogP contribution is -2.37. The predicted octanol–water partition coefficient (Wildman–Crippen LogP) is 2.40. The fourth-order valence-corrected chi connectivity index (χ4v) is 4.72. The Kier molecular flexibility index (Phi) is 5.34. The van der Waals surface area contributed by atoms with Crippen LogP contribution in [0, 0.1) is 0 Å². The van der Waals surface area contributed by atoms with E-state index in [2.05, 4.69) is 0 Å². The number of benzene rings is 3. The second kappa shape index (κ2) is 8.26. The first kappa shape index (κ1) is 22.6. The lowest BCUT2D eigenvalue weighted by Gasteiger charge is -2.31. The summed E-state index contributed by atoms with van der Waals surface area (Å²) >= 11 is 0. The number of ether oxygens (including phenoxy) is 3. The molecule has 0 saturated carbocycles. The fourth-order valence-electron chi connectivity index (χ4n) is 4.72. The van der Waals surface area contributed by atoms with Crippen molar-refractivity contribution in [3.63, 3.8) is 0 Å². The quantitative estimate of drug-likeness (QED) is 0.325. The number of fused-ring (bicyclic) bond motifs is 2. The van der Waals surface area contributed by atoms with Gasteiger partial charge in [-0.3, -0.25) is 4.79 Å². The number of aliphatic hydroxyl groups excluding tert-OH is 2. The molecule has 10 nitrogen and oxygen atoms in total. The highest BCUT2D eigenvalue weighted by Gasteiger charge is 2.45. The van der Waals surface area contributed by atoms with Crippen LogP contribution in [0.25, 0.3) is 0 Å². The van der Waals surface area contributed by atoms with Gasteiger partial charge in [-0.15, -0.1) is 0 Å². The summed E-state index contributed by atoms with van der Waals surface area (Å²) in [4.78, 5) is 12.9. The van der Waals surface area contributed by atoms with Crippen molar-refractivity contribution in [3.8, 4) is 40.2 Å². The Labute approximate surface area is 198 Å². The molecule has 0 radical (unpaired) electrons. The van der Waals surface area contributed by atoms with E-state index >= 15 is 0 Å². The summed E-state index contributed by atoms with van der Waals surface area (Å²) in [5.41, 5.74) is 0.890. The summed E-state index contributed by atoms with van der Waals surface area (Å²) in [5, 5.41) is 61.5. The molecule has 0 fully saturated rings. The van der Waals surface area contributed by atoms with Crippen LogP contribution < -0.4 is 14.2 Å². The number of hydrogen-bond acceptors (Lipinski definition) is 10. The molecular weight excluding hydrogens is 460 g/mol. The van der Waals surface area contributed by atoms with Crippen molar-refractivity contribution in [2.75, 3.05) is 13.7 Å². The van der Waals surface area contributed by atoms with Gasteiger partial charge in [-0.05, 0) is 23.8 Å². The summed E-state index contributed by atoms with van der Waals surface area (Å²) in [6.07, 6.45) is -3.80. The molecule has 4 atom stereocenters. The Morgan fingerprint density at radius 2 is 1.66 bits per heavy atom. The Morgan fingerprint density at radius 1 is 0.914 bits per heavy atom. The first-order valence-corrected chi connectivity index (χ1v) is 10.7. The molecular formula is C25H22O10. The zero-order valence-corrected chi connectivity index (χ0v) is 18.4. The van der Waals surface area contributed by atoms with E-state index in [4.69, 9.17) is 14.2 Å². The average Bonchev–Trinajstić information content (AvgIpc) is 3.22. The number of aliphatic hydroxyl groups is 2. The Bertz CT molecular complexity index is 1330. The SMILES string of the molecule is COc1cc([C@H]2Oc3c(O)ccc([C@H]4Oc5cc(O)cc(O)c5C(=O)[C@H]4O)c3[C@H]2CO)ccc1O. The first-order valence-electron chi connectivity index (χ1n) is 10.7. The van der Waals surface area contributed by atoms with E-state index in [1.165, 1.54) is 25.3 Å². The number of Topliss-reactive ketones (excluding diaryl/α,β-unsaturated/α-hetero) is 1. The average molecular weight is 482 g/mol. The highest BCUT2D eigenvalue weighted by atomic mass is 16.5. The second-order valence-corrected chi connectivity index (χ2v) is 8.36. The lowest BCUT2D eigenvalue weighted by molar-refractivity contribution is 0.0206. The van der Waals surface area contributed by atoms with Crippen LogP contribution in [-0.4, -0.2) is 56.2 Å². The molecule has 0 bridgehead atoms. The van der Waals surface area contributed by atoms with Gasteiger partial charge >= 0.3 is 0 Å². The Balaban J connectivity index is 1.61. The molecule has 0 amide bonds. The van der Waals surface area contributed by atoms with Crippen molar-refractivity contribution in [2.24, 2.45) is 0 Å². The molecule has 182 valence electrons. The monoisotopic (exact) mass is 482 g/mol. The number of ketones is 1. The number of carbonyl (C=O) groups excluding carboxylic acids is 1. The maximum Gasteiger partial charge on any atom is 0.202 e. The Morgan fingerprint density at radius 3 is 2.37 bits per heavy atom. The van der Waals surface area contributed by atoms with Crippen LogP contribution in [-0.2, 0) is 0 Å². The van der Waals surface area contributed by atoms with Crippen LogP contribution in [0.3, 0.4) is 0 Å². The molecule has 5 rings (SSSR count). The van der Waals surface area contributed by atoms with Crippen LogP contribution in [0.4, 0.5) is 0 Å². The molecule has 2 aliphatic rings. The summed E-state index contributed by atoms with van der Waals surface area (Å²) in [7, 11) is 1.39. The number of methoxy groups -OCH3 is 1. The van der Waals surface area contributed by atoms with E-state index in [9.17, 15) is 35.4 Å². The first-order chi connectivity index (χ1) is 16.7. The van der Waals surface area contributed by atoms with Gasteiger partial charge in [-0.2, -0.15) is 0 Å². The van der Waals surface area contributed by atoms with Gasteiger partial charge in [0.05, 0.1) is 19.6 Å². The van der Waals surface area contributed by atoms with Crippen LogP contribution in [0.2, 0.25) is 0 Å². The molecule has 0 aliphatic carbocycles. The number of phenols is 4. The minimum Gasteiger partial charge on any atom is -0.508 e. The lowest BCUT2D eigenvalue weighted by atomic mass is 9.84. The summed E-state index contributed by atoms with van der Waals surface area (Å²) in [5.74, 6) is -2.61. The number of rotatable bonds is 4. The topological polar surface area (TPSA) is 166 Å². The standard InChI is InChI=1S/C25H22O10/c1-33-17-6-10(2-4-14(17)28)23-13(9-26)19-12(3-5-15(29)25(19)35-23)24-22(32)21(31)20-16(30)7-11(27)8-18(20)34-24/h2-8,13,22-24,26-30,32H,9H2,1H3/t13-,22-,23-,24-/m1/s1. The van der Waals surface area contributed by atoms with Crippen molar-refractivity contribution in [1.29, 1.82) is 0 Å². The van der Waals surface area contributed by atoms with Gasteiger partial charge in [0.2, 0.25) is 5.78 Å². The van der Waals surface area contributed by atoms with E-state index in [1.54, 1.807) is 12.1 Å². The molecule has 0 saturated heterocycles. The molecule has 2 heterocycles. The Hall–Kier alpha value is -4.15. The number of hydrogen-bond donors (Lipinski definition) is 6. The van der Waals surface area contributed by atoms with Crippen molar-refractivity contribution in [2.45, 2.75) is 24.2 Å². The molecule has 2 aliphatic heterocycles. The number of phenolic OH excluding ortho intramolecular Hbond substituents is 4. The van der Waals surface area contributed by atoms with Gasteiger partial charge < -0.3 is 44.8 Å². The van der Waals surface area contributed by atoms with Gasteiger partial charge in [-0.25, -0.2) is 0 Å². The van der Waals surface area contributed by atoms with Gasteiger partial charge in [0.15, 0.2) is 35.2 Å². The smallest absolute Gasteiger partial charge is 0.202 e. The van der Waals surface area contributed by atoms with Crippen LogP contribution >= 0.6 is 0 Å². The van der Waals surface area contributed by atoms with Crippen molar-refractivity contribution < 1.29 is 49.6 Å².